The van der Waals surface area contributed by atoms with E-state index in [-0.39, 0.29) is 5.56 Å². The first-order valence-corrected chi connectivity index (χ1v) is 8.26. The Kier molecular flexibility index (Phi) is 4.10. The lowest BCUT2D eigenvalue weighted by Gasteiger charge is -2.19. The van der Waals surface area contributed by atoms with E-state index in [9.17, 15) is 4.79 Å². The molecular weight excluding hydrogens is 320 g/mol. The molecule has 0 fully saturated rings. The molecule has 4 heterocycles. The third-order valence-corrected chi connectivity index (χ3v) is 4.36. The number of pyridine rings is 1. The minimum Gasteiger partial charge on any atom is -0.339 e. The summed E-state index contributed by atoms with van der Waals surface area (Å²) in [5.41, 5.74) is 4.90. The van der Waals surface area contributed by atoms with Gasteiger partial charge in [0, 0.05) is 42.9 Å². The van der Waals surface area contributed by atoms with Crippen molar-refractivity contribution in [3.05, 3.63) is 57.1 Å². The molecule has 2 N–H and O–H groups in total. The van der Waals surface area contributed by atoms with E-state index < -0.39 is 0 Å². The number of aromatic nitrogens is 5. The van der Waals surface area contributed by atoms with Crippen molar-refractivity contribution < 1.29 is 4.52 Å². The van der Waals surface area contributed by atoms with Crippen molar-refractivity contribution in [3.63, 3.8) is 0 Å². The fourth-order valence-electron chi connectivity index (χ4n) is 3.07. The van der Waals surface area contributed by atoms with E-state index >= 15 is 0 Å². The highest BCUT2D eigenvalue weighted by Gasteiger charge is 2.20. The molecule has 1 aliphatic rings. The highest BCUT2D eigenvalue weighted by Crippen LogP contribution is 2.28. The Morgan fingerprint density at radius 1 is 1.28 bits per heavy atom. The summed E-state index contributed by atoms with van der Waals surface area (Å²) in [4.78, 5) is 20.1. The lowest BCUT2D eigenvalue weighted by atomic mass is 9.95. The Balaban J connectivity index is 1.57. The zero-order valence-corrected chi connectivity index (χ0v) is 13.9. The number of aryl methyl sites for hydroxylation is 3. The Morgan fingerprint density at radius 3 is 3.04 bits per heavy atom. The van der Waals surface area contributed by atoms with Crippen molar-refractivity contribution in [2.75, 3.05) is 6.54 Å². The summed E-state index contributed by atoms with van der Waals surface area (Å²) >= 11 is 0. The quantitative estimate of drug-likeness (QED) is 0.729. The van der Waals surface area contributed by atoms with Gasteiger partial charge in [0.1, 0.15) is 0 Å². The number of fused-ring (bicyclic) bond motifs is 1. The summed E-state index contributed by atoms with van der Waals surface area (Å²) in [6.45, 7) is 3.72. The number of rotatable bonds is 4. The molecule has 25 heavy (non-hydrogen) atoms. The smallest absolute Gasteiger partial charge is 0.264 e. The van der Waals surface area contributed by atoms with Gasteiger partial charge in [0.05, 0.1) is 5.69 Å². The average Bonchev–Trinajstić information content (AvgIpc) is 3.09. The molecule has 1 aliphatic heterocycles. The second-order valence-electron chi connectivity index (χ2n) is 6.07. The van der Waals surface area contributed by atoms with Crippen LogP contribution >= 0.6 is 0 Å². The Bertz CT molecular complexity index is 942. The standard InChI is InChI=1S/C17H18N6O2/c1-10-16(13-6-7-18-8-11(13)9-19-10)17-20-15(25-23-17)5-3-12-2-4-14(24)22-21-12/h2,4,9,18H,3,5-8H2,1H3,(H,22,24). The molecule has 0 saturated carbocycles. The van der Waals surface area contributed by atoms with Gasteiger partial charge >= 0.3 is 0 Å². The minimum absolute atomic E-state index is 0.213. The number of hydrogen-bond acceptors (Lipinski definition) is 7. The van der Waals surface area contributed by atoms with Gasteiger partial charge in [-0.15, -0.1) is 0 Å². The molecule has 0 bridgehead atoms. The SMILES string of the molecule is Cc1ncc2c(c1-c1noc(CCc3ccc(=O)[nH]n3)n1)CCNC2. The molecule has 3 aromatic heterocycles. The summed E-state index contributed by atoms with van der Waals surface area (Å²) in [5, 5.41) is 13.9. The van der Waals surface area contributed by atoms with Crippen molar-refractivity contribution in [3.8, 4) is 11.4 Å². The molecule has 0 radical (unpaired) electrons. The van der Waals surface area contributed by atoms with Crippen molar-refractivity contribution in [2.24, 2.45) is 0 Å². The van der Waals surface area contributed by atoms with Crippen LogP contribution in [0.1, 0.15) is 28.4 Å². The van der Waals surface area contributed by atoms with Crippen LogP contribution < -0.4 is 10.9 Å². The first-order valence-electron chi connectivity index (χ1n) is 8.26. The van der Waals surface area contributed by atoms with E-state index in [1.165, 1.54) is 17.2 Å². The number of H-pyrrole nitrogens is 1. The molecule has 8 nitrogen and oxygen atoms in total. The molecule has 128 valence electrons. The Labute approximate surface area is 143 Å². The largest absolute Gasteiger partial charge is 0.339 e. The molecule has 4 rings (SSSR count). The maximum atomic E-state index is 11.0. The molecule has 0 aromatic carbocycles. The molecule has 3 aromatic rings. The van der Waals surface area contributed by atoms with Crippen LogP contribution in [0.5, 0.6) is 0 Å². The van der Waals surface area contributed by atoms with Gasteiger partial charge in [-0.2, -0.15) is 10.1 Å². The van der Waals surface area contributed by atoms with E-state index in [0.717, 1.165) is 36.5 Å². The van der Waals surface area contributed by atoms with Crippen molar-refractivity contribution in [2.45, 2.75) is 32.7 Å². The molecule has 0 spiro atoms. The maximum absolute atomic E-state index is 11.0. The van der Waals surface area contributed by atoms with Crippen LogP contribution in [-0.4, -0.2) is 31.9 Å². The summed E-state index contributed by atoms with van der Waals surface area (Å²) in [7, 11) is 0. The minimum atomic E-state index is -0.213. The van der Waals surface area contributed by atoms with Gasteiger partial charge in [-0.25, -0.2) is 5.10 Å². The highest BCUT2D eigenvalue weighted by molar-refractivity contribution is 5.64. The zero-order valence-electron chi connectivity index (χ0n) is 13.9. The van der Waals surface area contributed by atoms with Crippen molar-refractivity contribution >= 4 is 0 Å². The first kappa shape index (κ1) is 15.6. The summed E-state index contributed by atoms with van der Waals surface area (Å²) < 4.78 is 5.41. The lowest BCUT2D eigenvalue weighted by Crippen LogP contribution is -2.24. The van der Waals surface area contributed by atoms with Gasteiger partial charge in [-0.3, -0.25) is 9.78 Å². The third-order valence-electron chi connectivity index (χ3n) is 4.36. The fraction of sp³-hybridized carbons (Fsp3) is 0.353. The van der Waals surface area contributed by atoms with E-state index in [0.29, 0.717) is 24.6 Å². The van der Waals surface area contributed by atoms with E-state index in [4.69, 9.17) is 4.52 Å². The topological polar surface area (TPSA) is 110 Å². The summed E-state index contributed by atoms with van der Waals surface area (Å²) in [6, 6.07) is 3.16. The molecule has 0 amide bonds. The van der Waals surface area contributed by atoms with Crippen LogP contribution in [0.3, 0.4) is 0 Å². The van der Waals surface area contributed by atoms with Gasteiger partial charge in [-0.1, -0.05) is 5.16 Å². The predicted molar refractivity (Wildman–Crippen MR) is 89.9 cm³/mol. The molecule has 8 heteroatoms. The van der Waals surface area contributed by atoms with Gasteiger partial charge in [0.2, 0.25) is 11.7 Å². The van der Waals surface area contributed by atoms with Crippen LogP contribution in [0.25, 0.3) is 11.4 Å². The zero-order chi connectivity index (χ0) is 17.2. The second kappa shape index (κ2) is 6.56. The molecule has 0 unspecified atom stereocenters. The molecule has 0 aliphatic carbocycles. The molecule has 0 saturated heterocycles. The van der Waals surface area contributed by atoms with E-state index in [1.807, 2.05) is 13.1 Å². The number of nitrogens with one attached hydrogen (secondary N) is 2. The number of aromatic amines is 1. The first-order chi connectivity index (χ1) is 12.2. The van der Waals surface area contributed by atoms with Gasteiger partial charge < -0.3 is 9.84 Å². The van der Waals surface area contributed by atoms with Crippen LogP contribution in [0, 0.1) is 6.92 Å². The van der Waals surface area contributed by atoms with Crippen molar-refractivity contribution in [1.29, 1.82) is 0 Å². The number of hydrogen-bond donors (Lipinski definition) is 2. The second-order valence-corrected chi connectivity index (χ2v) is 6.07. The predicted octanol–water partition coefficient (Wildman–Crippen LogP) is 0.954. The molecular formula is C17H18N6O2. The fourth-order valence-corrected chi connectivity index (χ4v) is 3.07. The Morgan fingerprint density at radius 2 is 2.20 bits per heavy atom. The van der Waals surface area contributed by atoms with E-state index in [2.05, 4.69) is 30.6 Å². The van der Waals surface area contributed by atoms with Crippen LogP contribution in [0.15, 0.2) is 27.6 Å². The normalized spacial score (nSPS) is 13.6. The summed E-state index contributed by atoms with van der Waals surface area (Å²) in [6.07, 6.45) is 4.03. The van der Waals surface area contributed by atoms with E-state index in [1.54, 1.807) is 6.07 Å². The third kappa shape index (κ3) is 3.20. The van der Waals surface area contributed by atoms with Crippen LogP contribution in [0.2, 0.25) is 0 Å². The monoisotopic (exact) mass is 338 g/mol. The Hall–Kier alpha value is -2.87. The number of nitrogens with zero attached hydrogens (tertiary/aromatic N) is 4. The average molecular weight is 338 g/mol. The maximum Gasteiger partial charge on any atom is 0.264 e. The van der Waals surface area contributed by atoms with Gasteiger partial charge in [0.15, 0.2) is 0 Å². The van der Waals surface area contributed by atoms with Gasteiger partial charge in [-0.05, 0) is 37.1 Å². The van der Waals surface area contributed by atoms with Crippen LogP contribution in [0.4, 0.5) is 0 Å². The van der Waals surface area contributed by atoms with Gasteiger partial charge in [0.25, 0.3) is 5.56 Å². The summed E-state index contributed by atoms with van der Waals surface area (Å²) in [5.74, 6) is 1.14. The molecule has 0 atom stereocenters. The van der Waals surface area contributed by atoms with Crippen molar-refractivity contribution in [1.82, 2.24) is 30.6 Å². The highest BCUT2D eigenvalue weighted by atomic mass is 16.5. The van der Waals surface area contributed by atoms with Crippen LogP contribution in [-0.2, 0) is 25.8 Å². The lowest BCUT2D eigenvalue weighted by molar-refractivity contribution is 0.378.